The van der Waals surface area contributed by atoms with Gasteiger partial charge in [0.1, 0.15) is 34.9 Å². The van der Waals surface area contributed by atoms with Crippen molar-refractivity contribution in [2.75, 3.05) is 12.3 Å². The molecule has 1 saturated heterocycles. The summed E-state index contributed by atoms with van der Waals surface area (Å²) in [6, 6.07) is 15.6. The predicted octanol–water partition coefficient (Wildman–Crippen LogP) is 3.73. The lowest BCUT2D eigenvalue weighted by Gasteiger charge is -2.29. The van der Waals surface area contributed by atoms with Crippen LogP contribution in [-0.4, -0.2) is 93.1 Å². The summed E-state index contributed by atoms with van der Waals surface area (Å²) < 4.78 is 6.20. The van der Waals surface area contributed by atoms with E-state index in [4.69, 9.17) is 19.7 Å². The standard InChI is InChI=1S/C38H43N7O5S2/c1-21(2)30-37-42-28(20-52-37)32(46)39-25(17-23-11-6-4-7-12-23)36-41-27(19-51-36)33(47)40-26(18-24-13-8-5-9-14-24)38(49)45-16-10-15-29(45)35-44-31(22(3)50-35)34(48)43-30/h4-9,11-14,19,21-22,25-26,28-31H,10,15-18,20H2,1-3H3,(H,39,46)(H,40,47)(H,43,48)/t22-,25+,26+,28?,29+,30+,31+/m1/s1. The zero-order valence-corrected chi connectivity index (χ0v) is 31.0. The number of aliphatic imine (C=N–C) groups is 2. The second-order valence-electron chi connectivity index (χ2n) is 14.0. The van der Waals surface area contributed by atoms with Crippen LogP contribution in [0.15, 0.2) is 76.0 Å². The van der Waals surface area contributed by atoms with Gasteiger partial charge in [0.25, 0.3) is 5.91 Å². The molecular formula is C38H43N7O5S2. The number of amides is 4. The summed E-state index contributed by atoms with van der Waals surface area (Å²) in [6.07, 6.45) is 1.53. The van der Waals surface area contributed by atoms with Gasteiger partial charge < -0.3 is 25.6 Å². The fourth-order valence-corrected chi connectivity index (χ4v) is 9.17. The Morgan fingerprint density at radius 1 is 0.885 bits per heavy atom. The Bertz CT molecular complexity index is 1870. The zero-order valence-electron chi connectivity index (χ0n) is 29.4. The van der Waals surface area contributed by atoms with Gasteiger partial charge in [-0.1, -0.05) is 74.5 Å². The largest absolute Gasteiger partial charge is 0.474 e. The van der Waals surface area contributed by atoms with Crippen LogP contribution in [0.3, 0.4) is 0 Å². The first-order chi connectivity index (χ1) is 25.1. The number of fused-ring (bicyclic) bond motifs is 6. The number of benzene rings is 2. The highest BCUT2D eigenvalue weighted by Gasteiger charge is 2.44. The minimum absolute atomic E-state index is 0.00574. The van der Waals surface area contributed by atoms with Crippen molar-refractivity contribution in [2.24, 2.45) is 15.9 Å². The molecule has 2 aromatic carbocycles. The van der Waals surface area contributed by atoms with Crippen molar-refractivity contribution < 1.29 is 23.9 Å². The maximum absolute atomic E-state index is 14.4. The Hall–Kier alpha value is -4.56. The predicted molar refractivity (Wildman–Crippen MR) is 201 cm³/mol. The molecule has 1 aromatic heterocycles. The second kappa shape index (κ2) is 15.6. The summed E-state index contributed by atoms with van der Waals surface area (Å²) in [5.41, 5.74) is 2.06. The molecule has 3 aromatic rings. The highest BCUT2D eigenvalue weighted by Crippen LogP contribution is 2.29. The Kier molecular flexibility index (Phi) is 10.7. The number of carbonyl (C=O) groups is 4. The number of rotatable bonds is 5. The minimum Gasteiger partial charge on any atom is -0.474 e. The Morgan fingerprint density at radius 2 is 1.58 bits per heavy atom. The summed E-state index contributed by atoms with van der Waals surface area (Å²) in [4.78, 5) is 71.9. The van der Waals surface area contributed by atoms with Crippen LogP contribution in [0.25, 0.3) is 0 Å². The van der Waals surface area contributed by atoms with Gasteiger partial charge in [-0.25, -0.2) is 9.98 Å². The molecule has 1 unspecified atom stereocenters. The molecule has 0 radical (unpaired) electrons. The number of aromatic nitrogens is 1. The van der Waals surface area contributed by atoms with Gasteiger partial charge in [0.15, 0.2) is 6.04 Å². The molecular weight excluding hydrogens is 699 g/mol. The van der Waals surface area contributed by atoms with Gasteiger partial charge >= 0.3 is 0 Å². The third-order valence-corrected chi connectivity index (χ3v) is 11.9. The van der Waals surface area contributed by atoms with Gasteiger partial charge in [0.05, 0.1) is 17.1 Å². The smallest absolute Gasteiger partial charge is 0.271 e. The Labute approximate surface area is 311 Å². The van der Waals surface area contributed by atoms with E-state index in [9.17, 15) is 19.2 Å². The summed E-state index contributed by atoms with van der Waals surface area (Å²) in [5, 5.41) is 12.2. The Balaban J connectivity index is 1.26. The van der Waals surface area contributed by atoms with Gasteiger partial charge in [-0.05, 0) is 43.2 Å². The topological polar surface area (TPSA) is 154 Å². The van der Waals surface area contributed by atoms with Crippen LogP contribution in [-0.2, 0) is 32.0 Å². The quantitative estimate of drug-likeness (QED) is 0.360. The van der Waals surface area contributed by atoms with E-state index in [2.05, 4.69) is 16.0 Å². The van der Waals surface area contributed by atoms with E-state index in [1.54, 1.807) is 17.2 Å². The van der Waals surface area contributed by atoms with Crippen LogP contribution in [0.5, 0.6) is 0 Å². The zero-order chi connectivity index (χ0) is 36.4. The van der Waals surface area contributed by atoms with Gasteiger partial charge in [-0.3, -0.25) is 24.2 Å². The molecule has 0 saturated carbocycles. The molecule has 14 heteroatoms. The summed E-state index contributed by atoms with van der Waals surface area (Å²) in [5.74, 6) is -0.510. The van der Waals surface area contributed by atoms with E-state index in [1.807, 2.05) is 74.5 Å². The monoisotopic (exact) mass is 741 g/mol. The normalized spacial score (nSPS) is 28.2. The fourth-order valence-electron chi connectivity index (χ4n) is 7.05. The molecule has 12 nitrogen and oxygen atoms in total. The first-order valence-corrected chi connectivity index (χ1v) is 19.7. The number of hydrogen-bond donors (Lipinski definition) is 3. The molecule has 1 fully saturated rings. The number of nitrogens with one attached hydrogen (secondary N) is 3. The number of hydrogen-bond acceptors (Lipinski definition) is 10. The molecule has 7 atom stereocenters. The van der Waals surface area contributed by atoms with E-state index in [-0.39, 0.29) is 35.8 Å². The lowest BCUT2D eigenvalue weighted by atomic mass is 10.0. The SMILES string of the molecule is CC(C)[C@@H]1NC(=O)[C@H]2N=C(O[C@@H]2C)[C@@H]2CCCN2C(=O)[C@H](Cc2ccccc2)NC(=O)c2csc(n2)[C@H](Cc2ccccc2)NC(=O)C2CSC1=N2. The summed E-state index contributed by atoms with van der Waals surface area (Å²) in [7, 11) is 0. The number of thioether (sulfide) groups is 1. The van der Waals surface area contributed by atoms with Crippen LogP contribution >= 0.6 is 23.1 Å². The number of thiazole rings is 1. The van der Waals surface area contributed by atoms with E-state index in [0.29, 0.717) is 41.1 Å². The van der Waals surface area contributed by atoms with Crippen molar-refractivity contribution in [2.45, 2.75) is 88.8 Å². The van der Waals surface area contributed by atoms with Crippen molar-refractivity contribution >= 4 is 57.7 Å². The maximum Gasteiger partial charge on any atom is 0.271 e. The van der Waals surface area contributed by atoms with Gasteiger partial charge in [0, 0.05) is 24.1 Å². The van der Waals surface area contributed by atoms with Crippen LogP contribution in [0.2, 0.25) is 0 Å². The van der Waals surface area contributed by atoms with Crippen LogP contribution in [0, 0.1) is 5.92 Å². The van der Waals surface area contributed by atoms with Crippen LogP contribution < -0.4 is 16.0 Å². The van der Waals surface area contributed by atoms with Gasteiger partial charge in [-0.15, -0.1) is 23.1 Å². The molecule has 4 aliphatic heterocycles. The van der Waals surface area contributed by atoms with Crippen molar-refractivity contribution in [1.29, 1.82) is 0 Å². The van der Waals surface area contributed by atoms with Gasteiger partial charge in [-0.2, -0.15) is 0 Å². The molecule has 52 heavy (non-hydrogen) atoms. The highest BCUT2D eigenvalue weighted by atomic mass is 32.2. The molecule has 5 heterocycles. The van der Waals surface area contributed by atoms with Crippen molar-refractivity contribution in [3.8, 4) is 0 Å². The minimum atomic E-state index is -0.897. The van der Waals surface area contributed by atoms with E-state index in [0.717, 1.165) is 17.5 Å². The van der Waals surface area contributed by atoms with Gasteiger partial charge in [0.2, 0.25) is 23.6 Å². The van der Waals surface area contributed by atoms with Crippen molar-refractivity contribution in [1.82, 2.24) is 25.8 Å². The Morgan fingerprint density at radius 3 is 2.27 bits per heavy atom. The van der Waals surface area contributed by atoms with Crippen molar-refractivity contribution in [3.05, 3.63) is 87.9 Å². The third kappa shape index (κ3) is 7.77. The first kappa shape index (κ1) is 35.8. The molecule has 4 amide bonds. The molecule has 272 valence electrons. The number of ether oxygens (including phenoxy) is 1. The van der Waals surface area contributed by atoms with E-state index >= 15 is 0 Å². The second-order valence-corrected chi connectivity index (χ2v) is 15.9. The molecule has 7 rings (SSSR count). The summed E-state index contributed by atoms with van der Waals surface area (Å²) in [6.45, 7) is 6.28. The third-order valence-electron chi connectivity index (χ3n) is 9.85. The molecule has 3 N–H and O–H groups in total. The van der Waals surface area contributed by atoms with Crippen molar-refractivity contribution in [3.63, 3.8) is 0 Å². The molecule has 4 aliphatic rings. The average Bonchev–Trinajstić information content (AvgIpc) is 3.97. The molecule has 6 bridgehead atoms. The maximum atomic E-state index is 14.4. The lowest BCUT2D eigenvalue weighted by molar-refractivity contribution is -0.133. The molecule has 0 aliphatic carbocycles. The first-order valence-electron chi connectivity index (χ1n) is 17.8. The fraction of sp³-hybridized carbons (Fsp3) is 0.447. The van der Waals surface area contributed by atoms with Crippen LogP contribution in [0.1, 0.15) is 66.3 Å². The van der Waals surface area contributed by atoms with E-state index < -0.39 is 48.3 Å². The van der Waals surface area contributed by atoms with E-state index in [1.165, 1.54) is 23.1 Å². The lowest BCUT2D eigenvalue weighted by Crippen LogP contribution is -2.52. The number of nitrogens with zero attached hydrogens (tertiary/aromatic N) is 4. The highest BCUT2D eigenvalue weighted by molar-refractivity contribution is 8.14. The summed E-state index contributed by atoms with van der Waals surface area (Å²) >= 11 is 2.75. The average molecular weight is 742 g/mol. The van der Waals surface area contributed by atoms with Crippen LogP contribution in [0.4, 0.5) is 0 Å². The number of carbonyl (C=O) groups excluding carboxylic acids is 4. The molecule has 0 spiro atoms.